The molecule has 0 saturated carbocycles. The predicted octanol–water partition coefficient (Wildman–Crippen LogP) is 2.36. The number of likely N-dealkylation sites (tertiary alicyclic amines) is 1. The van der Waals surface area contributed by atoms with Gasteiger partial charge in [0.15, 0.2) is 0 Å². The molecule has 24 heavy (non-hydrogen) atoms. The zero-order valence-electron chi connectivity index (χ0n) is 14.7. The molecule has 1 N–H and O–H groups in total. The molecule has 0 radical (unpaired) electrons. The molecule has 5 nitrogen and oxygen atoms in total. The molecule has 0 unspecified atom stereocenters. The number of carboxylic acids is 1. The average molecular weight is 332 g/mol. The van der Waals surface area contributed by atoms with Crippen LogP contribution in [-0.4, -0.2) is 60.0 Å². The van der Waals surface area contributed by atoms with Crippen LogP contribution in [0.2, 0.25) is 0 Å². The maximum Gasteiger partial charge on any atom is 0.303 e. The van der Waals surface area contributed by atoms with Crippen molar-refractivity contribution >= 4 is 11.9 Å². The van der Waals surface area contributed by atoms with Crippen LogP contribution in [0.25, 0.3) is 0 Å². The second kappa shape index (κ2) is 8.29. The second-order valence-electron chi connectivity index (χ2n) is 6.61. The number of hydrogen-bond donors (Lipinski definition) is 1. The molecular formula is C19H28N2O3. The van der Waals surface area contributed by atoms with Crippen LogP contribution in [0, 0.1) is 0 Å². The fourth-order valence-electron chi connectivity index (χ4n) is 3.50. The highest BCUT2D eigenvalue weighted by molar-refractivity contribution is 5.88. The molecule has 2 rings (SSSR count). The normalized spacial score (nSPS) is 17.4. The third kappa shape index (κ3) is 4.15. The highest BCUT2D eigenvalue weighted by atomic mass is 16.4. The first kappa shape index (κ1) is 18.5. The molecule has 1 aliphatic heterocycles. The Morgan fingerprint density at radius 3 is 2.38 bits per heavy atom. The average Bonchev–Trinajstić information content (AvgIpc) is 2.61. The summed E-state index contributed by atoms with van der Waals surface area (Å²) in [6, 6.07) is 10.1. The summed E-state index contributed by atoms with van der Waals surface area (Å²) in [6.07, 6.45) is 2.44. The summed E-state index contributed by atoms with van der Waals surface area (Å²) in [5.74, 6) is -0.549. The van der Waals surface area contributed by atoms with E-state index in [1.54, 1.807) is 0 Å². The Kier molecular flexibility index (Phi) is 6.37. The molecule has 1 saturated heterocycles. The Morgan fingerprint density at radius 1 is 1.21 bits per heavy atom. The van der Waals surface area contributed by atoms with Crippen molar-refractivity contribution in [3.05, 3.63) is 35.9 Å². The molecular weight excluding hydrogens is 304 g/mol. The van der Waals surface area contributed by atoms with Gasteiger partial charge in [0, 0.05) is 20.0 Å². The van der Waals surface area contributed by atoms with Crippen LogP contribution in [0.15, 0.2) is 30.3 Å². The number of nitrogens with zero attached hydrogens (tertiary/aromatic N) is 2. The van der Waals surface area contributed by atoms with E-state index in [-0.39, 0.29) is 12.3 Å². The lowest BCUT2D eigenvalue weighted by molar-refractivity contribution is -0.138. The van der Waals surface area contributed by atoms with E-state index in [0.717, 1.165) is 38.0 Å². The van der Waals surface area contributed by atoms with Gasteiger partial charge in [-0.15, -0.1) is 0 Å². The highest BCUT2D eigenvalue weighted by Crippen LogP contribution is 2.37. The quantitative estimate of drug-likeness (QED) is 0.833. The number of carboxylic acid groups (broad SMARTS) is 1. The van der Waals surface area contributed by atoms with E-state index < -0.39 is 11.4 Å². The lowest BCUT2D eigenvalue weighted by Crippen LogP contribution is -2.52. The molecule has 1 amide bonds. The zero-order valence-corrected chi connectivity index (χ0v) is 14.7. The second-order valence-corrected chi connectivity index (χ2v) is 6.61. The number of aliphatic carboxylic acids is 1. The summed E-state index contributed by atoms with van der Waals surface area (Å²) in [7, 11) is 1.87. The van der Waals surface area contributed by atoms with Gasteiger partial charge in [0.05, 0.1) is 5.41 Å². The largest absolute Gasteiger partial charge is 0.481 e. The molecule has 1 aromatic rings. The standard InChI is InChI=1S/C19H28N2O3/c1-3-20(2)18(24)19(16-8-5-4-6-9-16)11-14-21(15-12-19)13-7-10-17(22)23/h4-6,8-9H,3,7,10-15H2,1-2H3,(H,22,23). The number of amides is 1. The first-order valence-electron chi connectivity index (χ1n) is 8.75. The molecule has 0 bridgehead atoms. The minimum atomic E-state index is -0.745. The SMILES string of the molecule is CCN(C)C(=O)C1(c2ccccc2)CCN(CCCC(=O)O)CC1. The Labute approximate surface area is 144 Å². The molecule has 0 spiro atoms. The Hall–Kier alpha value is -1.88. The van der Waals surface area contributed by atoms with E-state index >= 15 is 0 Å². The fraction of sp³-hybridized carbons (Fsp3) is 0.579. The van der Waals surface area contributed by atoms with E-state index in [9.17, 15) is 9.59 Å². The van der Waals surface area contributed by atoms with Gasteiger partial charge in [-0.05, 0) is 51.4 Å². The molecule has 0 atom stereocenters. The van der Waals surface area contributed by atoms with Crippen molar-refractivity contribution in [1.82, 2.24) is 9.80 Å². The van der Waals surface area contributed by atoms with Crippen molar-refractivity contribution in [3.63, 3.8) is 0 Å². The van der Waals surface area contributed by atoms with Gasteiger partial charge in [0.2, 0.25) is 5.91 Å². The highest BCUT2D eigenvalue weighted by Gasteiger charge is 2.43. The van der Waals surface area contributed by atoms with Gasteiger partial charge in [-0.25, -0.2) is 0 Å². The predicted molar refractivity (Wildman–Crippen MR) is 94.0 cm³/mol. The number of rotatable bonds is 7. The fourth-order valence-corrected chi connectivity index (χ4v) is 3.50. The zero-order chi connectivity index (χ0) is 17.6. The van der Waals surface area contributed by atoms with Crippen LogP contribution in [-0.2, 0) is 15.0 Å². The van der Waals surface area contributed by atoms with Crippen molar-refractivity contribution in [1.29, 1.82) is 0 Å². The number of benzene rings is 1. The van der Waals surface area contributed by atoms with E-state index in [0.29, 0.717) is 13.0 Å². The summed E-state index contributed by atoms with van der Waals surface area (Å²) in [6.45, 7) is 5.15. The summed E-state index contributed by atoms with van der Waals surface area (Å²) in [5.41, 5.74) is 0.649. The van der Waals surface area contributed by atoms with Gasteiger partial charge < -0.3 is 14.9 Å². The van der Waals surface area contributed by atoms with Crippen LogP contribution in [0.3, 0.4) is 0 Å². The number of carbonyl (C=O) groups excluding carboxylic acids is 1. The van der Waals surface area contributed by atoms with E-state index in [1.807, 2.05) is 37.1 Å². The van der Waals surface area contributed by atoms with Crippen molar-refractivity contribution in [2.75, 3.05) is 33.2 Å². The molecule has 132 valence electrons. The van der Waals surface area contributed by atoms with Gasteiger partial charge >= 0.3 is 5.97 Å². The summed E-state index contributed by atoms with van der Waals surface area (Å²) >= 11 is 0. The van der Waals surface area contributed by atoms with Crippen LogP contribution < -0.4 is 0 Å². The molecule has 0 aromatic heterocycles. The molecule has 1 heterocycles. The third-order valence-corrected chi connectivity index (χ3v) is 5.13. The maximum absolute atomic E-state index is 13.1. The van der Waals surface area contributed by atoms with Crippen LogP contribution in [0.4, 0.5) is 0 Å². The van der Waals surface area contributed by atoms with Crippen molar-refractivity contribution in [2.24, 2.45) is 0 Å². The molecule has 0 aliphatic carbocycles. The van der Waals surface area contributed by atoms with Crippen molar-refractivity contribution in [3.8, 4) is 0 Å². The minimum Gasteiger partial charge on any atom is -0.481 e. The molecule has 5 heteroatoms. The lowest BCUT2D eigenvalue weighted by Gasteiger charge is -2.42. The van der Waals surface area contributed by atoms with Gasteiger partial charge in [-0.2, -0.15) is 0 Å². The van der Waals surface area contributed by atoms with Crippen molar-refractivity contribution < 1.29 is 14.7 Å². The monoisotopic (exact) mass is 332 g/mol. The van der Waals surface area contributed by atoms with E-state index in [4.69, 9.17) is 5.11 Å². The number of carbonyl (C=O) groups is 2. The Balaban J connectivity index is 2.10. The van der Waals surface area contributed by atoms with Gasteiger partial charge in [-0.1, -0.05) is 30.3 Å². The minimum absolute atomic E-state index is 0.196. The van der Waals surface area contributed by atoms with Crippen LogP contribution in [0.1, 0.15) is 38.2 Å². The van der Waals surface area contributed by atoms with Crippen molar-refractivity contribution in [2.45, 2.75) is 38.0 Å². The topological polar surface area (TPSA) is 60.9 Å². The number of likely N-dealkylation sites (N-methyl/N-ethyl adjacent to an activating group) is 1. The van der Waals surface area contributed by atoms with Gasteiger partial charge in [0.1, 0.15) is 0 Å². The molecule has 1 fully saturated rings. The summed E-state index contributed by atoms with van der Waals surface area (Å²) in [4.78, 5) is 27.8. The first-order chi connectivity index (χ1) is 11.5. The maximum atomic E-state index is 13.1. The van der Waals surface area contributed by atoms with E-state index in [2.05, 4.69) is 17.0 Å². The van der Waals surface area contributed by atoms with Crippen LogP contribution >= 0.6 is 0 Å². The lowest BCUT2D eigenvalue weighted by atomic mass is 9.71. The van der Waals surface area contributed by atoms with Gasteiger partial charge in [-0.3, -0.25) is 9.59 Å². The Morgan fingerprint density at radius 2 is 1.83 bits per heavy atom. The first-order valence-corrected chi connectivity index (χ1v) is 8.75. The molecule has 1 aromatic carbocycles. The smallest absolute Gasteiger partial charge is 0.303 e. The van der Waals surface area contributed by atoms with Crippen LogP contribution in [0.5, 0.6) is 0 Å². The summed E-state index contributed by atoms with van der Waals surface area (Å²) < 4.78 is 0. The number of hydrogen-bond acceptors (Lipinski definition) is 3. The molecule has 1 aliphatic rings. The third-order valence-electron chi connectivity index (χ3n) is 5.13. The number of piperidine rings is 1. The van der Waals surface area contributed by atoms with E-state index in [1.165, 1.54) is 0 Å². The van der Waals surface area contributed by atoms with Gasteiger partial charge in [0.25, 0.3) is 0 Å². The summed E-state index contributed by atoms with van der Waals surface area (Å²) in [5, 5.41) is 8.77. The Bertz CT molecular complexity index is 551.